The SMILES string of the molecule is CNC(C)c1nnc(Nc2cc(F)ccc2F)o1. The number of hydrogen-bond donors (Lipinski definition) is 2. The number of anilines is 2. The van der Waals surface area contributed by atoms with Crippen LogP contribution in [0.25, 0.3) is 0 Å². The van der Waals surface area contributed by atoms with E-state index in [0.717, 1.165) is 18.2 Å². The summed E-state index contributed by atoms with van der Waals surface area (Å²) in [5, 5.41) is 12.9. The molecule has 1 aromatic carbocycles. The predicted molar refractivity (Wildman–Crippen MR) is 61.4 cm³/mol. The van der Waals surface area contributed by atoms with Gasteiger partial charge in [0.25, 0.3) is 0 Å². The zero-order valence-electron chi connectivity index (χ0n) is 9.87. The van der Waals surface area contributed by atoms with Crippen molar-refractivity contribution in [1.29, 1.82) is 0 Å². The highest BCUT2D eigenvalue weighted by atomic mass is 19.1. The minimum absolute atomic E-state index is 0.0107. The highest BCUT2D eigenvalue weighted by Gasteiger charge is 2.13. The number of benzene rings is 1. The Morgan fingerprint density at radius 1 is 1.28 bits per heavy atom. The van der Waals surface area contributed by atoms with E-state index >= 15 is 0 Å². The standard InChI is InChI=1S/C11H12F2N4O/c1-6(14-2)10-16-17-11(18-10)15-9-5-7(12)3-4-8(9)13/h3-6,14H,1-2H3,(H,15,17). The molecule has 18 heavy (non-hydrogen) atoms. The first-order valence-electron chi connectivity index (χ1n) is 5.33. The molecule has 5 nitrogen and oxygen atoms in total. The first-order chi connectivity index (χ1) is 8.60. The van der Waals surface area contributed by atoms with Gasteiger partial charge in [-0.2, -0.15) is 0 Å². The van der Waals surface area contributed by atoms with E-state index < -0.39 is 11.6 Å². The second kappa shape index (κ2) is 5.09. The van der Waals surface area contributed by atoms with E-state index in [1.165, 1.54) is 0 Å². The van der Waals surface area contributed by atoms with Crippen LogP contribution in [0.3, 0.4) is 0 Å². The largest absolute Gasteiger partial charge is 0.406 e. The summed E-state index contributed by atoms with van der Waals surface area (Å²) >= 11 is 0. The van der Waals surface area contributed by atoms with Crippen molar-refractivity contribution < 1.29 is 13.2 Å². The summed E-state index contributed by atoms with van der Waals surface area (Å²) in [5.74, 6) is -0.795. The Kier molecular flexibility index (Phi) is 3.52. The average Bonchev–Trinajstić information content (AvgIpc) is 2.81. The van der Waals surface area contributed by atoms with Gasteiger partial charge in [-0.05, 0) is 26.1 Å². The van der Waals surface area contributed by atoms with Crippen LogP contribution < -0.4 is 10.6 Å². The molecular formula is C11H12F2N4O. The average molecular weight is 254 g/mol. The van der Waals surface area contributed by atoms with E-state index in [1.54, 1.807) is 7.05 Å². The fourth-order valence-electron chi connectivity index (χ4n) is 1.29. The number of rotatable bonds is 4. The summed E-state index contributed by atoms with van der Waals surface area (Å²) in [4.78, 5) is 0. The molecule has 1 heterocycles. The van der Waals surface area contributed by atoms with Crippen molar-refractivity contribution in [2.45, 2.75) is 13.0 Å². The highest BCUT2D eigenvalue weighted by Crippen LogP contribution is 2.21. The maximum Gasteiger partial charge on any atom is 0.320 e. The van der Waals surface area contributed by atoms with Crippen LogP contribution in [0.15, 0.2) is 22.6 Å². The lowest BCUT2D eigenvalue weighted by Crippen LogP contribution is -2.12. The smallest absolute Gasteiger partial charge is 0.320 e. The van der Waals surface area contributed by atoms with Gasteiger partial charge in [-0.1, -0.05) is 5.10 Å². The second-order valence-corrected chi connectivity index (χ2v) is 3.70. The molecule has 0 fully saturated rings. The van der Waals surface area contributed by atoms with Crippen LogP contribution in [0.1, 0.15) is 18.9 Å². The van der Waals surface area contributed by atoms with Gasteiger partial charge in [-0.25, -0.2) is 8.78 Å². The van der Waals surface area contributed by atoms with E-state index in [-0.39, 0.29) is 17.7 Å². The molecule has 2 rings (SSSR count). The molecule has 2 aromatic rings. The zero-order valence-corrected chi connectivity index (χ0v) is 9.87. The quantitative estimate of drug-likeness (QED) is 0.877. The normalized spacial score (nSPS) is 12.4. The van der Waals surface area contributed by atoms with Gasteiger partial charge in [-0.3, -0.25) is 0 Å². The summed E-state index contributed by atoms with van der Waals surface area (Å²) in [6, 6.07) is 2.95. The molecule has 2 N–H and O–H groups in total. The zero-order chi connectivity index (χ0) is 13.1. The van der Waals surface area contributed by atoms with Gasteiger partial charge in [0.2, 0.25) is 5.89 Å². The van der Waals surface area contributed by atoms with Gasteiger partial charge >= 0.3 is 6.01 Å². The van der Waals surface area contributed by atoms with Crippen molar-refractivity contribution in [1.82, 2.24) is 15.5 Å². The Hall–Kier alpha value is -2.02. The summed E-state index contributed by atoms with van der Waals surface area (Å²) < 4.78 is 31.6. The van der Waals surface area contributed by atoms with Crippen LogP contribution in [0.2, 0.25) is 0 Å². The summed E-state index contributed by atoms with van der Waals surface area (Å²) in [5.41, 5.74) is -0.0534. The van der Waals surface area contributed by atoms with Gasteiger partial charge in [0.15, 0.2) is 0 Å². The molecule has 7 heteroatoms. The molecule has 0 saturated heterocycles. The van der Waals surface area contributed by atoms with Gasteiger partial charge in [0.05, 0.1) is 11.7 Å². The fraction of sp³-hybridized carbons (Fsp3) is 0.273. The number of aromatic nitrogens is 2. The first-order valence-corrected chi connectivity index (χ1v) is 5.33. The lowest BCUT2D eigenvalue weighted by atomic mass is 10.3. The van der Waals surface area contributed by atoms with E-state index in [9.17, 15) is 8.78 Å². The molecule has 0 bridgehead atoms. The highest BCUT2D eigenvalue weighted by molar-refractivity contribution is 5.52. The van der Waals surface area contributed by atoms with E-state index in [2.05, 4.69) is 20.8 Å². The van der Waals surface area contributed by atoms with Gasteiger partial charge in [0, 0.05) is 6.07 Å². The van der Waals surface area contributed by atoms with Crippen LogP contribution in [-0.2, 0) is 0 Å². The molecule has 96 valence electrons. The van der Waals surface area contributed by atoms with Crippen LogP contribution in [0.5, 0.6) is 0 Å². The fourth-order valence-corrected chi connectivity index (χ4v) is 1.29. The molecular weight excluding hydrogens is 242 g/mol. The second-order valence-electron chi connectivity index (χ2n) is 3.70. The van der Waals surface area contributed by atoms with E-state index in [1.807, 2.05) is 6.92 Å². The third-order valence-corrected chi connectivity index (χ3v) is 2.41. The Morgan fingerprint density at radius 2 is 2.06 bits per heavy atom. The maximum atomic E-state index is 13.4. The van der Waals surface area contributed by atoms with Crippen molar-refractivity contribution in [3.05, 3.63) is 35.7 Å². The topological polar surface area (TPSA) is 63.0 Å². The van der Waals surface area contributed by atoms with E-state index in [0.29, 0.717) is 5.89 Å². The van der Waals surface area contributed by atoms with Crippen LogP contribution in [0.4, 0.5) is 20.5 Å². The van der Waals surface area contributed by atoms with Crippen molar-refractivity contribution in [3.63, 3.8) is 0 Å². The molecule has 1 unspecified atom stereocenters. The lowest BCUT2D eigenvalue weighted by Gasteiger charge is -2.04. The monoisotopic (exact) mass is 254 g/mol. The molecule has 0 radical (unpaired) electrons. The minimum atomic E-state index is -0.599. The molecule has 1 aromatic heterocycles. The van der Waals surface area contributed by atoms with Crippen LogP contribution in [-0.4, -0.2) is 17.2 Å². The Bertz CT molecular complexity index is 544. The van der Waals surface area contributed by atoms with Crippen molar-refractivity contribution in [2.24, 2.45) is 0 Å². The molecule has 1 atom stereocenters. The third kappa shape index (κ3) is 2.62. The molecule has 0 aliphatic carbocycles. The minimum Gasteiger partial charge on any atom is -0.406 e. The number of nitrogens with zero attached hydrogens (tertiary/aromatic N) is 2. The molecule has 0 aliphatic rings. The number of nitrogens with one attached hydrogen (secondary N) is 2. The number of hydrogen-bond acceptors (Lipinski definition) is 5. The lowest BCUT2D eigenvalue weighted by molar-refractivity contribution is 0.443. The van der Waals surface area contributed by atoms with Crippen molar-refractivity contribution in [3.8, 4) is 0 Å². The van der Waals surface area contributed by atoms with Crippen LogP contribution in [0, 0.1) is 11.6 Å². The molecule has 0 amide bonds. The third-order valence-electron chi connectivity index (χ3n) is 2.41. The van der Waals surface area contributed by atoms with Gasteiger partial charge < -0.3 is 15.1 Å². The molecule has 0 spiro atoms. The Morgan fingerprint density at radius 3 is 2.78 bits per heavy atom. The maximum absolute atomic E-state index is 13.4. The predicted octanol–water partition coefficient (Wildman–Crippen LogP) is 2.37. The Labute approximate surface area is 102 Å². The summed E-state index contributed by atoms with van der Waals surface area (Å²) in [6.45, 7) is 1.83. The first kappa shape index (κ1) is 12.4. The molecule has 0 saturated carbocycles. The summed E-state index contributed by atoms with van der Waals surface area (Å²) in [6.07, 6.45) is 0. The van der Waals surface area contributed by atoms with Gasteiger partial charge in [-0.15, -0.1) is 5.10 Å². The van der Waals surface area contributed by atoms with Gasteiger partial charge in [0.1, 0.15) is 11.6 Å². The van der Waals surface area contributed by atoms with Crippen molar-refractivity contribution >= 4 is 11.7 Å². The van der Waals surface area contributed by atoms with E-state index in [4.69, 9.17) is 4.42 Å². The van der Waals surface area contributed by atoms with Crippen molar-refractivity contribution in [2.75, 3.05) is 12.4 Å². The Balaban J connectivity index is 2.18. The number of halogens is 2. The molecule has 0 aliphatic heterocycles. The van der Waals surface area contributed by atoms with Crippen LogP contribution >= 0.6 is 0 Å². The summed E-state index contributed by atoms with van der Waals surface area (Å²) in [7, 11) is 1.74.